The van der Waals surface area contributed by atoms with Crippen molar-refractivity contribution in [1.82, 2.24) is 0 Å². The number of nitrogens with two attached hydrogens (primary N) is 1. The number of unbranched alkanes of at least 4 members (excludes halogenated alkanes) is 32. The lowest BCUT2D eigenvalue weighted by molar-refractivity contribution is -0.137. The van der Waals surface area contributed by atoms with Crippen LogP contribution in [0, 0.1) is 0 Å². The lowest BCUT2D eigenvalue weighted by atomic mass is 10.0. The fourth-order valence-corrected chi connectivity index (χ4v) is 5.90. The Bertz CT molecular complexity index is 453. The van der Waals surface area contributed by atoms with Crippen molar-refractivity contribution in [3.63, 3.8) is 0 Å². The molecule has 0 atom stereocenters. The van der Waals surface area contributed by atoms with Gasteiger partial charge in [0, 0.05) is 6.42 Å². The van der Waals surface area contributed by atoms with Crippen molar-refractivity contribution in [3.8, 4) is 0 Å². The molecule has 0 unspecified atom stereocenters. The molecule has 0 aromatic carbocycles. The molecular weight excluding hydrogens is 478 g/mol. The fourth-order valence-electron chi connectivity index (χ4n) is 5.90. The molecule has 0 saturated heterocycles. The molecule has 3 heteroatoms. The quantitative estimate of drug-likeness (QED) is 0.0770. The standard InChI is InChI=1S/C36H73NO2/c37-35-33-31-29-27-25-23-21-19-17-15-13-11-9-7-5-3-1-2-4-6-8-10-12-14-16-18-20-22-24-26-28-30-32-34-36(38)39/h1-35,37H2,(H,38,39). The maximum Gasteiger partial charge on any atom is 0.303 e. The highest BCUT2D eigenvalue weighted by Crippen LogP contribution is 2.17. The van der Waals surface area contributed by atoms with Gasteiger partial charge in [0.25, 0.3) is 0 Å². The second-order valence-electron chi connectivity index (χ2n) is 12.6. The van der Waals surface area contributed by atoms with Crippen molar-refractivity contribution in [2.45, 2.75) is 218 Å². The van der Waals surface area contributed by atoms with Crippen LogP contribution in [0.25, 0.3) is 0 Å². The summed E-state index contributed by atoms with van der Waals surface area (Å²) in [5, 5.41) is 8.63. The van der Waals surface area contributed by atoms with E-state index in [0.717, 1.165) is 19.4 Å². The first-order chi connectivity index (χ1) is 19.3. The number of carboxylic acids is 1. The number of hydrogen-bond donors (Lipinski definition) is 2. The van der Waals surface area contributed by atoms with Crippen LogP contribution in [0.1, 0.15) is 218 Å². The third-order valence-electron chi connectivity index (χ3n) is 8.59. The second-order valence-corrected chi connectivity index (χ2v) is 12.6. The van der Waals surface area contributed by atoms with Crippen LogP contribution in [-0.2, 0) is 4.79 Å². The van der Waals surface area contributed by atoms with Crippen LogP contribution in [-0.4, -0.2) is 17.6 Å². The third kappa shape index (κ3) is 37.4. The summed E-state index contributed by atoms with van der Waals surface area (Å²) in [6, 6.07) is 0. The lowest BCUT2D eigenvalue weighted by Crippen LogP contribution is -1.97. The highest BCUT2D eigenvalue weighted by Gasteiger charge is 1.98. The number of hydrogen-bond acceptors (Lipinski definition) is 2. The monoisotopic (exact) mass is 552 g/mol. The van der Waals surface area contributed by atoms with Crippen LogP contribution in [0.15, 0.2) is 0 Å². The minimum atomic E-state index is -0.649. The molecule has 0 aliphatic rings. The van der Waals surface area contributed by atoms with Crippen molar-refractivity contribution in [2.75, 3.05) is 6.54 Å². The van der Waals surface area contributed by atoms with E-state index < -0.39 is 5.97 Å². The predicted octanol–water partition coefficient (Wildman–Crippen LogP) is 12.3. The first-order valence-electron chi connectivity index (χ1n) is 18.2. The summed E-state index contributed by atoms with van der Waals surface area (Å²) in [4.78, 5) is 10.5. The van der Waals surface area contributed by atoms with Crippen LogP contribution >= 0.6 is 0 Å². The summed E-state index contributed by atoms with van der Waals surface area (Å²) in [6.45, 7) is 0.868. The van der Waals surface area contributed by atoms with E-state index in [1.807, 2.05) is 0 Å². The smallest absolute Gasteiger partial charge is 0.303 e. The maximum absolute atomic E-state index is 10.5. The Morgan fingerprint density at radius 3 is 0.615 bits per heavy atom. The molecule has 0 amide bonds. The minimum Gasteiger partial charge on any atom is -0.481 e. The lowest BCUT2D eigenvalue weighted by Gasteiger charge is -2.05. The maximum atomic E-state index is 10.5. The fraction of sp³-hybridized carbons (Fsp3) is 0.972. The Morgan fingerprint density at radius 2 is 0.462 bits per heavy atom. The summed E-state index contributed by atoms with van der Waals surface area (Å²) in [5.74, 6) is -0.649. The summed E-state index contributed by atoms with van der Waals surface area (Å²) in [5.41, 5.74) is 5.54. The van der Waals surface area contributed by atoms with Gasteiger partial charge in [-0.15, -0.1) is 0 Å². The van der Waals surface area contributed by atoms with E-state index in [4.69, 9.17) is 10.8 Å². The van der Waals surface area contributed by atoms with E-state index in [-0.39, 0.29) is 0 Å². The first kappa shape index (κ1) is 38.4. The van der Waals surface area contributed by atoms with E-state index >= 15 is 0 Å². The zero-order chi connectivity index (χ0) is 28.3. The van der Waals surface area contributed by atoms with Crippen molar-refractivity contribution in [1.29, 1.82) is 0 Å². The molecule has 0 fully saturated rings. The van der Waals surface area contributed by atoms with Crippen molar-refractivity contribution < 1.29 is 9.90 Å². The predicted molar refractivity (Wildman–Crippen MR) is 174 cm³/mol. The van der Waals surface area contributed by atoms with Crippen LogP contribution in [0.3, 0.4) is 0 Å². The molecule has 0 aliphatic heterocycles. The van der Waals surface area contributed by atoms with Gasteiger partial charge in [-0.3, -0.25) is 4.79 Å². The van der Waals surface area contributed by atoms with Gasteiger partial charge >= 0.3 is 5.97 Å². The van der Waals surface area contributed by atoms with Crippen LogP contribution in [0.2, 0.25) is 0 Å². The SMILES string of the molecule is NCCCCCCCCCCCCCCCCCCCCCCCCCCCCCCCCCCCC(=O)O. The summed E-state index contributed by atoms with van der Waals surface area (Å²) in [7, 11) is 0. The highest BCUT2D eigenvalue weighted by atomic mass is 16.4. The van der Waals surface area contributed by atoms with Gasteiger partial charge in [0.05, 0.1) is 0 Å². The van der Waals surface area contributed by atoms with Crippen molar-refractivity contribution in [3.05, 3.63) is 0 Å². The van der Waals surface area contributed by atoms with Gasteiger partial charge in [-0.1, -0.05) is 199 Å². The number of carboxylic acid groups (broad SMARTS) is 1. The topological polar surface area (TPSA) is 63.3 Å². The number of rotatable bonds is 35. The Labute approximate surface area is 246 Å². The molecular formula is C36H73NO2. The van der Waals surface area contributed by atoms with Gasteiger partial charge in [0.2, 0.25) is 0 Å². The molecule has 3 N–H and O–H groups in total. The number of carbonyl (C=O) groups is 1. The molecule has 39 heavy (non-hydrogen) atoms. The summed E-state index contributed by atoms with van der Waals surface area (Å²) >= 11 is 0. The van der Waals surface area contributed by atoms with Gasteiger partial charge in [-0.05, 0) is 19.4 Å². The summed E-state index contributed by atoms with van der Waals surface area (Å²) in [6.07, 6.45) is 46.3. The molecule has 0 aromatic heterocycles. The molecule has 0 radical (unpaired) electrons. The Kier molecular flexibility index (Phi) is 34.9. The van der Waals surface area contributed by atoms with Gasteiger partial charge in [0.1, 0.15) is 0 Å². The molecule has 0 heterocycles. The largest absolute Gasteiger partial charge is 0.481 e. The minimum absolute atomic E-state index is 0.345. The molecule has 0 spiro atoms. The van der Waals surface area contributed by atoms with E-state index in [1.165, 1.54) is 199 Å². The second kappa shape index (κ2) is 35.5. The van der Waals surface area contributed by atoms with E-state index in [2.05, 4.69) is 0 Å². The average Bonchev–Trinajstić information content (AvgIpc) is 2.93. The van der Waals surface area contributed by atoms with E-state index in [1.54, 1.807) is 0 Å². The van der Waals surface area contributed by atoms with Gasteiger partial charge in [-0.2, -0.15) is 0 Å². The zero-order valence-electron chi connectivity index (χ0n) is 26.7. The van der Waals surface area contributed by atoms with E-state index in [0.29, 0.717) is 6.42 Å². The Morgan fingerprint density at radius 1 is 0.308 bits per heavy atom. The van der Waals surface area contributed by atoms with Crippen LogP contribution in [0.4, 0.5) is 0 Å². The van der Waals surface area contributed by atoms with Crippen molar-refractivity contribution in [2.24, 2.45) is 5.73 Å². The molecule has 0 aliphatic carbocycles. The molecule has 234 valence electrons. The first-order valence-corrected chi connectivity index (χ1v) is 18.2. The van der Waals surface area contributed by atoms with Gasteiger partial charge in [-0.25, -0.2) is 0 Å². The zero-order valence-corrected chi connectivity index (χ0v) is 26.7. The van der Waals surface area contributed by atoms with Crippen molar-refractivity contribution >= 4 is 5.97 Å². The van der Waals surface area contributed by atoms with Crippen LogP contribution in [0.5, 0.6) is 0 Å². The molecule has 3 nitrogen and oxygen atoms in total. The number of aliphatic carboxylic acids is 1. The van der Waals surface area contributed by atoms with Gasteiger partial charge in [0.15, 0.2) is 0 Å². The average molecular weight is 552 g/mol. The van der Waals surface area contributed by atoms with Crippen LogP contribution < -0.4 is 5.73 Å². The van der Waals surface area contributed by atoms with E-state index in [9.17, 15) is 4.79 Å². The highest BCUT2D eigenvalue weighted by molar-refractivity contribution is 5.66. The molecule has 0 saturated carbocycles. The Balaban J connectivity index is 3.02. The molecule has 0 rings (SSSR count). The molecule has 0 bridgehead atoms. The summed E-state index contributed by atoms with van der Waals surface area (Å²) < 4.78 is 0. The Hall–Kier alpha value is -0.570. The third-order valence-corrected chi connectivity index (χ3v) is 8.59. The molecule has 0 aromatic rings. The van der Waals surface area contributed by atoms with Gasteiger partial charge < -0.3 is 10.8 Å². The normalized spacial score (nSPS) is 11.4.